The van der Waals surface area contributed by atoms with Crippen LogP contribution < -0.4 is 4.74 Å². The zero-order chi connectivity index (χ0) is 25.6. The van der Waals surface area contributed by atoms with Crippen molar-refractivity contribution in [3.05, 3.63) is 35.9 Å². The Morgan fingerprint density at radius 3 is 2.03 bits per heavy atom. The standard InChI is InChI=1S/C25H41O7P/c1-17(21(26)22(24(3,4)5)25(6,7)8)10-9-11-19-12-14-20(15-13-19)31-16-33(29,30)32-18(2)23(27)28/h9,11-15,17-18,21-22,26H,10,16H2,1-8H3,(H,27,28)(H,29,30)/b11-9+/t17-,18+,21-/m1/s1. The number of ether oxygens (including phenoxy) is 1. The van der Waals surface area contributed by atoms with Crippen LogP contribution >= 0.6 is 7.60 Å². The van der Waals surface area contributed by atoms with Crippen LogP contribution in [0, 0.1) is 22.7 Å². The number of hydrogen-bond donors (Lipinski definition) is 3. The maximum absolute atomic E-state index is 11.9. The van der Waals surface area contributed by atoms with E-state index in [1.165, 1.54) is 6.92 Å². The van der Waals surface area contributed by atoms with Crippen LogP contribution in [0.15, 0.2) is 30.3 Å². The number of carboxylic acid groups (broad SMARTS) is 1. The number of benzene rings is 1. The van der Waals surface area contributed by atoms with Crippen LogP contribution in [-0.2, 0) is 13.9 Å². The number of aliphatic carboxylic acids is 1. The number of rotatable bonds is 11. The van der Waals surface area contributed by atoms with Gasteiger partial charge in [0.2, 0.25) is 0 Å². The van der Waals surface area contributed by atoms with Gasteiger partial charge < -0.3 is 19.8 Å². The largest absolute Gasteiger partial charge is 0.481 e. The highest BCUT2D eigenvalue weighted by Crippen LogP contribution is 2.45. The lowest BCUT2D eigenvalue weighted by atomic mass is 9.62. The molecule has 1 aromatic rings. The van der Waals surface area contributed by atoms with Gasteiger partial charge in [0, 0.05) is 0 Å². The minimum absolute atomic E-state index is 0.0132. The molecule has 1 unspecified atom stereocenters. The average molecular weight is 485 g/mol. The topological polar surface area (TPSA) is 113 Å². The molecular weight excluding hydrogens is 443 g/mol. The summed E-state index contributed by atoms with van der Waals surface area (Å²) in [4.78, 5) is 20.5. The van der Waals surface area contributed by atoms with Gasteiger partial charge in [0.15, 0.2) is 12.5 Å². The summed E-state index contributed by atoms with van der Waals surface area (Å²) in [5.41, 5.74) is 0.900. The molecule has 0 spiro atoms. The highest BCUT2D eigenvalue weighted by Gasteiger charge is 2.41. The highest BCUT2D eigenvalue weighted by atomic mass is 31.2. The Bertz CT molecular complexity index is 820. The fourth-order valence-corrected chi connectivity index (χ4v) is 5.32. The van der Waals surface area contributed by atoms with Gasteiger partial charge in [0.05, 0.1) is 6.10 Å². The molecule has 0 aliphatic heterocycles. The minimum Gasteiger partial charge on any atom is -0.481 e. The van der Waals surface area contributed by atoms with Crippen LogP contribution in [0.4, 0.5) is 0 Å². The van der Waals surface area contributed by atoms with Gasteiger partial charge in [-0.2, -0.15) is 0 Å². The molecule has 1 rings (SSSR count). The zero-order valence-corrected chi connectivity index (χ0v) is 22.0. The van der Waals surface area contributed by atoms with Crippen molar-refractivity contribution in [2.75, 3.05) is 6.35 Å². The second-order valence-electron chi connectivity index (χ2n) is 10.9. The van der Waals surface area contributed by atoms with Crippen LogP contribution in [0.25, 0.3) is 6.08 Å². The van der Waals surface area contributed by atoms with E-state index in [0.29, 0.717) is 5.75 Å². The van der Waals surface area contributed by atoms with E-state index in [0.717, 1.165) is 12.0 Å². The van der Waals surface area contributed by atoms with E-state index in [1.807, 2.05) is 24.3 Å². The Morgan fingerprint density at radius 2 is 1.58 bits per heavy atom. The Balaban J connectivity index is 2.68. The van der Waals surface area contributed by atoms with Crippen LogP contribution in [0.5, 0.6) is 5.75 Å². The first-order chi connectivity index (χ1) is 14.9. The summed E-state index contributed by atoms with van der Waals surface area (Å²) in [5.74, 6) is -0.710. The molecule has 4 atom stereocenters. The summed E-state index contributed by atoms with van der Waals surface area (Å²) in [5, 5.41) is 19.8. The maximum atomic E-state index is 11.9. The van der Waals surface area contributed by atoms with Gasteiger partial charge in [0.25, 0.3) is 0 Å². The Morgan fingerprint density at radius 1 is 1.06 bits per heavy atom. The van der Waals surface area contributed by atoms with Crippen molar-refractivity contribution < 1.29 is 33.7 Å². The van der Waals surface area contributed by atoms with Crippen molar-refractivity contribution in [3.63, 3.8) is 0 Å². The van der Waals surface area contributed by atoms with Gasteiger partial charge in [-0.15, -0.1) is 0 Å². The number of allylic oxidation sites excluding steroid dienone is 1. The molecule has 0 amide bonds. The Hall–Kier alpha value is -1.66. The van der Waals surface area contributed by atoms with E-state index in [9.17, 15) is 19.4 Å². The molecule has 7 nitrogen and oxygen atoms in total. The second-order valence-corrected chi connectivity index (χ2v) is 12.6. The average Bonchev–Trinajstić information content (AvgIpc) is 2.64. The van der Waals surface area contributed by atoms with Crippen molar-refractivity contribution in [3.8, 4) is 5.75 Å². The third-order valence-electron chi connectivity index (χ3n) is 5.55. The van der Waals surface area contributed by atoms with E-state index in [1.54, 1.807) is 12.1 Å². The molecule has 0 aliphatic rings. The number of carbonyl (C=O) groups is 1. The fourth-order valence-electron chi connectivity index (χ4n) is 4.36. The molecule has 8 heteroatoms. The predicted molar refractivity (Wildman–Crippen MR) is 131 cm³/mol. The first-order valence-electron chi connectivity index (χ1n) is 11.2. The van der Waals surface area contributed by atoms with Crippen LogP contribution in [0.3, 0.4) is 0 Å². The molecule has 33 heavy (non-hydrogen) atoms. The smallest absolute Gasteiger partial charge is 0.366 e. The summed E-state index contributed by atoms with van der Waals surface area (Å²) in [6, 6.07) is 6.94. The van der Waals surface area contributed by atoms with Gasteiger partial charge in [-0.3, -0.25) is 9.09 Å². The van der Waals surface area contributed by atoms with Crippen molar-refractivity contribution in [1.29, 1.82) is 0 Å². The molecule has 0 radical (unpaired) electrons. The van der Waals surface area contributed by atoms with E-state index in [4.69, 9.17) is 9.84 Å². The Kier molecular flexibility index (Phi) is 10.4. The Labute approximate surface area is 198 Å². The summed E-state index contributed by atoms with van der Waals surface area (Å²) >= 11 is 0. The lowest BCUT2D eigenvalue weighted by molar-refractivity contribution is -0.144. The predicted octanol–water partition coefficient (Wildman–Crippen LogP) is 5.81. The lowest BCUT2D eigenvalue weighted by Gasteiger charge is -2.45. The first kappa shape index (κ1) is 29.4. The summed E-state index contributed by atoms with van der Waals surface area (Å²) in [6.07, 6.45) is 2.26. The number of aliphatic hydroxyl groups excluding tert-OH is 1. The van der Waals surface area contributed by atoms with Gasteiger partial charge in [-0.1, -0.05) is 72.8 Å². The second kappa shape index (κ2) is 11.7. The van der Waals surface area contributed by atoms with Gasteiger partial charge >= 0.3 is 13.6 Å². The number of hydrogen-bond acceptors (Lipinski definition) is 5. The molecule has 0 saturated carbocycles. The minimum atomic E-state index is -4.19. The summed E-state index contributed by atoms with van der Waals surface area (Å²) < 4.78 is 21.8. The van der Waals surface area contributed by atoms with Gasteiger partial charge in [-0.25, -0.2) is 4.79 Å². The first-order valence-corrected chi connectivity index (χ1v) is 13.0. The third-order valence-corrected chi connectivity index (χ3v) is 6.65. The van der Waals surface area contributed by atoms with Gasteiger partial charge in [-0.05, 0) is 53.7 Å². The molecule has 0 fully saturated rings. The maximum Gasteiger partial charge on any atom is 0.366 e. The van der Waals surface area contributed by atoms with E-state index >= 15 is 0 Å². The van der Waals surface area contributed by atoms with Crippen LogP contribution in [0.1, 0.15) is 67.4 Å². The number of aliphatic hydroxyl groups is 1. The normalized spacial score (nSPS) is 17.5. The van der Waals surface area contributed by atoms with Crippen molar-refractivity contribution in [2.45, 2.75) is 74.0 Å². The van der Waals surface area contributed by atoms with E-state index in [-0.39, 0.29) is 22.7 Å². The summed E-state index contributed by atoms with van der Waals surface area (Å²) in [7, 11) is -4.19. The molecule has 188 valence electrons. The van der Waals surface area contributed by atoms with Crippen molar-refractivity contribution >= 4 is 19.6 Å². The molecule has 0 bridgehead atoms. The highest BCUT2D eigenvalue weighted by molar-refractivity contribution is 7.52. The monoisotopic (exact) mass is 484 g/mol. The van der Waals surface area contributed by atoms with E-state index < -0.39 is 32.1 Å². The molecular formula is C25H41O7P. The molecule has 3 N–H and O–H groups in total. The molecule has 0 aliphatic carbocycles. The van der Waals surface area contributed by atoms with Gasteiger partial charge in [0.1, 0.15) is 5.75 Å². The van der Waals surface area contributed by atoms with Crippen LogP contribution in [0.2, 0.25) is 0 Å². The molecule has 1 aromatic carbocycles. The van der Waals surface area contributed by atoms with Crippen LogP contribution in [-0.4, -0.2) is 39.6 Å². The fraction of sp³-hybridized carbons (Fsp3) is 0.640. The lowest BCUT2D eigenvalue weighted by Crippen LogP contribution is -2.44. The quantitative estimate of drug-likeness (QED) is 0.340. The SMILES string of the molecule is C[C@H](OP(=O)(O)COc1ccc(/C=C/C[C@@H](C)[C@@H](O)C(C(C)(C)C)C(C)(C)C)cc1)C(=O)O. The third kappa shape index (κ3) is 10.0. The van der Waals surface area contributed by atoms with Crippen molar-refractivity contribution in [1.82, 2.24) is 0 Å². The summed E-state index contributed by atoms with van der Waals surface area (Å²) in [6.45, 7) is 16.3. The molecule has 0 heterocycles. The number of carboxylic acids is 1. The molecule has 0 saturated heterocycles. The van der Waals surface area contributed by atoms with E-state index in [2.05, 4.69) is 53.0 Å². The molecule has 0 aromatic heterocycles. The zero-order valence-electron chi connectivity index (χ0n) is 21.1. The van der Waals surface area contributed by atoms with Crippen molar-refractivity contribution in [2.24, 2.45) is 22.7 Å².